The molecule has 1 fully saturated rings. The Balaban J connectivity index is 1.51. The zero-order chi connectivity index (χ0) is 15.8. The third-order valence-corrected chi connectivity index (χ3v) is 5.48. The molecule has 0 radical (unpaired) electrons. The Morgan fingerprint density at radius 2 is 2.30 bits per heavy atom. The molecule has 2 aliphatic rings. The number of aromatic nitrogens is 2. The van der Waals surface area contributed by atoms with E-state index in [4.69, 9.17) is 4.74 Å². The van der Waals surface area contributed by atoms with Crippen LogP contribution in [0, 0.1) is 5.92 Å². The Labute approximate surface area is 139 Å². The first-order valence-electron chi connectivity index (χ1n) is 8.13. The minimum absolute atomic E-state index is 0.100. The average molecular weight is 331 g/mol. The molecule has 0 aromatic carbocycles. The van der Waals surface area contributed by atoms with Gasteiger partial charge in [0.05, 0.1) is 30.1 Å². The predicted molar refractivity (Wildman–Crippen MR) is 88.6 cm³/mol. The summed E-state index contributed by atoms with van der Waals surface area (Å²) < 4.78 is 8.00. The van der Waals surface area contributed by atoms with Crippen molar-refractivity contribution in [2.24, 2.45) is 13.0 Å². The first-order chi connectivity index (χ1) is 11.2. The lowest BCUT2D eigenvalue weighted by Crippen LogP contribution is -2.40. The third kappa shape index (κ3) is 3.05. The normalized spacial score (nSPS) is 20.6. The molecule has 4 rings (SSSR count). The molecular weight excluding hydrogens is 310 g/mol. The van der Waals surface area contributed by atoms with E-state index in [1.54, 1.807) is 0 Å². The Morgan fingerprint density at radius 3 is 3.04 bits per heavy atom. The van der Waals surface area contributed by atoms with E-state index in [0.29, 0.717) is 19.7 Å². The number of carbonyl (C=O) groups excluding carboxylic acids is 1. The highest BCUT2D eigenvalue weighted by Gasteiger charge is 2.32. The monoisotopic (exact) mass is 331 g/mol. The number of amides is 1. The fourth-order valence-electron chi connectivity index (χ4n) is 3.24. The van der Waals surface area contributed by atoms with Gasteiger partial charge in [-0.15, -0.1) is 11.3 Å². The van der Waals surface area contributed by atoms with Crippen LogP contribution in [-0.2, 0) is 18.3 Å². The van der Waals surface area contributed by atoms with Crippen molar-refractivity contribution in [2.75, 3.05) is 19.8 Å². The number of hydrogen-bond acceptors (Lipinski definition) is 4. The van der Waals surface area contributed by atoms with Crippen molar-refractivity contribution in [3.8, 4) is 0 Å². The highest BCUT2D eigenvalue weighted by molar-refractivity contribution is 7.12. The molecule has 0 bridgehead atoms. The van der Waals surface area contributed by atoms with Crippen LogP contribution in [-0.4, -0.2) is 40.1 Å². The van der Waals surface area contributed by atoms with E-state index in [-0.39, 0.29) is 11.8 Å². The van der Waals surface area contributed by atoms with Crippen LogP contribution in [0.1, 0.15) is 39.8 Å². The molecule has 1 saturated carbocycles. The molecular formula is C17H21N3O2S. The summed E-state index contributed by atoms with van der Waals surface area (Å²) in [6, 6.07) is 3.81. The molecule has 122 valence electrons. The quantitative estimate of drug-likeness (QED) is 0.846. The summed E-state index contributed by atoms with van der Waals surface area (Å²) >= 11 is 1.49. The molecule has 0 saturated heterocycles. The minimum atomic E-state index is 0.100. The Bertz CT molecular complexity index is 691. The molecule has 0 spiro atoms. The van der Waals surface area contributed by atoms with Crippen LogP contribution in [0.2, 0.25) is 0 Å². The van der Waals surface area contributed by atoms with Crippen molar-refractivity contribution >= 4 is 17.2 Å². The molecule has 2 aromatic rings. The number of rotatable bonds is 5. The van der Waals surface area contributed by atoms with Crippen molar-refractivity contribution in [3.05, 3.63) is 40.1 Å². The van der Waals surface area contributed by atoms with Crippen molar-refractivity contribution in [3.63, 3.8) is 0 Å². The Kier molecular flexibility index (Phi) is 3.95. The van der Waals surface area contributed by atoms with Crippen molar-refractivity contribution in [1.82, 2.24) is 14.5 Å². The van der Waals surface area contributed by atoms with Crippen LogP contribution in [0.3, 0.4) is 0 Å². The number of ether oxygens (including phenoxy) is 1. The lowest BCUT2D eigenvalue weighted by atomic mass is 9.98. The second kappa shape index (κ2) is 6.09. The van der Waals surface area contributed by atoms with Crippen LogP contribution in [0.4, 0.5) is 0 Å². The molecule has 6 heteroatoms. The fourth-order valence-corrected chi connectivity index (χ4v) is 3.93. The summed E-state index contributed by atoms with van der Waals surface area (Å²) in [5.74, 6) is 1.06. The molecule has 1 amide bonds. The molecule has 0 unspecified atom stereocenters. The second-order valence-electron chi connectivity index (χ2n) is 6.53. The molecule has 23 heavy (non-hydrogen) atoms. The van der Waals surface area contributed by atoms with E-state index in [0.717, 1.165) is 23.1 Å². The number of fused-ring (bicyclic) bond motifs is 1. The van der Waals surface area contributed by atoms with E-state index in [2.05, 4.69) is 9.55 Å². The van der Waals surface area contributed by atoms with Crippen molar-refractivity contribution in [1.29, 1.82) is 0 Å². The number of thiophene rings is 1. The highest BCUT2D eigenvalue weighted by Crippen LogP contribution is 2.32. The molecule has 1 aliphatic carbocycles. The van der Waals surface area contributed by atoms with Crippen LogP contribution < -0.4 is 0 Å². The number of nitrogens with zero attached hydrogens (tertiary/aromatic N) is 3. The van der Waals surface area contributed by atoms with Crippen LogP contribution in [0.5, 0.6) is 0 Å². The van der Waals surface area contributed by atoms with Gasteiger partial charge in [-0.1, -0.05) is 6.07 Å². The Morgan fingerprint density at radius 1 is 1.43 bits per heavy atom. The largest absolute Gasteiger partial charge is 0.380 e. The summed E-state index contributed by atoms with van der Waals surface area (Å²) in [4.78, 5) is 19.9. The van der Waals surface area contributed by atoms with Gasteiger partial charge < -0.3 is 14.2 Å². The maximum absolute atomic E-state index is 12.7. The van der Waals surface area contributed by atoms with Crippen molar-refractivity contribution in [2.45, 2.75) is 25.3 Å². The van der Waals surface area contributed by atoms with Gasteiger partial charge in [-0.05, 0) is 30.2 Å². The molecule has 1 atom stereocenters. The van der Waals surface area contributed by atoms with E-state index >= 15 is 0 Å². The Hall–Kier alpha value is -1.66. The van der Waals surface area contributed by atoms with Crippen LogP contribution in [0.15, 0.2) is 23.8 Å². The summed E-state index contributed by atoms with van der Waals surface area (Å²) in [6.07, 6.45) is 4.44. The van der Waals surface area contributed by atoms with E-state index < -0.39 is 0 Å². The third-order valence-electron chi connectivity index (χ3n) is 4.62. The van der Waals surface area contributed by atoms with E-state index in [9.17, 15) is 4.79 Å². The van der Waals surface area contributed by atoms with Gasteiger partial charge in [-0.25, -0.2) is 4.98 Å². The number of imidazole rings is 1. The van der Waals surface area contributed by atoms with Gasteiger partial charge in [0, 0.05) is 31.8 Å². The number of hydrogen-bond donors (Lipinski definition) is 0. The smallest absolute Gasteiger partial charge is 0.264 e. The zero-order valence-electron chi connectivity index (χ0n) is 13.3. The van der Waals surface area contributed by atoms with Gasteiger partial charge in [0.1, 0.15) is 0 Å². The summed E-state index contributed by atoms with van der Waals surface area (Å²) in [5, 5.41) is 1.94. The SMILES string of the molecule is Cn1cnc2c1[C@H](COCC1CC1)CN(C(=O)c1cccs1)C2. The highest BCUT2D eigenvalue weighted by atomic mass is 32.1. The van der Waals surface area contributed by atoms with Gasteiger partial charge in [0.25, 0.3) is 5.91 Å². The van der Waals surface area contributed by atoms with Crippen LogP contribution >= 0.6 is 11.3 Å². The maximum atomic E-state index is 12.7. The number of aryl methyl sites for hydroxylation is 1. The number of carbonyl (C=O) groups is 1. The van der Waals surface area contributed by atoms with Gasteiger partial charge in [-0.3, -0.25) is 4.79 Å². The maximum Gasteiger partial charge on any atom is 0.264 e. The van der Waals surface area contributed by atoms with E-state index in [1.165, 1.54) is 29.9 Å². The van der Waals surface area contributed by atoms with Crippen molar-refractivity contribution < 1.29 is 9.53 Å². The lowest BCUT2D eigenvalue weighted by Gasteiger charge is -2.32. The molecule has 0 N–H and O–H groups in total. The average Bonchev–Trinajstić information content (AvgIpc) is 3.07. The first kappa shape index (κ1) is 14.9. The van der Waals surface area contributed by atoms with Gasteiger partial charge in [0.2, 0.25) is 0 Å². The molecule has 5 nitrogen and oxygen atoms in total. The minimum Gasteiger partial charge on any atom is -0.380 e. The summed E-state index contributed by atoms with van der Waals surface area (Å²) in [5.41, 5.74) is 2.22. The standard InChI is InChI=1S/C17H21N3O2S/c1-19-11-18-14-8-20(17(21)15-3-2-6-23-15)7-13(16(14)19)10-22-9-12-4-5-12/h2-3,6,11-13H,4-5,7-10H2,1H3/t13-/m0/s1. The van der Waals surface area contributed by atoms with Crippen LogP contribution in [0.25, 0.3) is 0 Å². The van der Waals surface area contributed by atoms with Gasteiger partial charge in [0.15, 0.2) is 0 Å². The molecule has 3 heterocycles. The molecule has 1 aliphatic heterocycles. The van der Waals surface area contributed by atoms with Gasteiger partial charge >= 0.3 is 0 Å². The zero-order valence-corrected chi connectivity index (χ0v) is 14.1. The predicted octanol–water partition coefficient (Wildman–Crippen LogP) is 2.65. The topological polar surface area (TPSA) is 47.4 Å². The second-order valence-corrected chi connectivity index (χ2v) is 7.48. The first-order valence-corrected chi connectivity index (χ1v) is 9.01. The molecule has 2 aromatic heterocycles. The summed E-state index contributed by atoms with van der Waals surface area (Å²) in [7, 11) is 2.02. The lowest BCUT2D eigenvalue weighted by molar-refractivity contribution is 0.0622. The van der Waals surface area contributed by atoms with E-state index in [1.807, 2.05) is 35.8 Å². The fraction of sp³-hybridized carbons (Fsp3) is 0.529. The van der Waals surface area contributed by atoms with Gasteiger partial charge in [-0.2, -0.15) is 0 Å². The summed E-state index contributed by atoms with van der Waals surface area (Å²) in [6.45, 7) is 2.81.